The maximum Gasteiger partial charge on any atom is 0.257 e. The van der Waals surface area contributed by atoms with Gasteiger partial charge >= 0.3 is 0 Å². The number of phenolic OH excluding ortho intramolecular Hbond substituents is 1. The van der Waals surface area contributed by atoms with Gasteiger partial charge in [-0.1, -0.05) is 0 Å². The predicted octanol–water partition coefficient (Wildman–Crippen LogP) is 0.882. The molecule has 2 heterocycles. The Balaban J connectivity index is 1.88. The van der Waals surface area contributed by atoms with Crippen LogP contribution >= 0.6 is 0 Å². The molecule has 2 unspecified atom stereocenters. The summed E-state index contributed by atoms with van der Waals surface area (Å²) in [6, 6.07) is 3.29. The number of hydrogen-bond acceptors (Lipinski definition) is 3. The summed E-state index contributed by atoms with van der Waals surface area (Å²) in [5.41, 5.74) is -0.0669. The summed E-state index contributed by atoms with van der Waals surface area (Å²) < 4.78 is 13.8. The lowest BCUT2D eigenvalue weighted by Gasteiger charge is -2.36. The molecule has 1 aromatic rings. The van der Waals surface area contributed by atoms with Crippen molar-refractivity contribution in [2.45, 2.75) is 18.9 Å². The molecular weight excluding hydrogens is 263 g/mol. The Labute approximate surface area is 115 Å². The van der Waals surface area contributed by atoms with Crippen LogP contribution in [-0.2, 0) is 4.79 Å². The molecule has 0 saturated carbocycles. The molecule has 0 aliphatic carbocycles. The molecule has 20 heavy (non-hydrogen) atoms. The van der Waals surface area contributed by atoms with Gasteiger partial charge in [0.25, 0.3) is 5.91 Å². The van der Waals surface area contributed by atoms with Crippen LogP contribution in [0, 0.1) is 11.7 Å². The van der Waals surface area contributed by atoms with Gasteiger partial charge in [0, 0.05) is 19.2 Å². The Morgan fingerprint density at radius 2 is 2.25 bits per heavy atom. The van der Waals surface area contributed by atoms with Gasteiger partial charge in [-0.05, 0) is 25.0 Å². The van der Waals surface area contributed by atoms with Crippen LogP contribution in [0.2, 0.25) is 0 Å². The predicted molar refractivity (Wildman–Crippen MR) is 68.6 cm³/mol. The van der Waals surface area contributed by atoms with Crippen molar-refractivity contribution >= 4 is 11.8 Å². The van der Waals surface area contributed by atoms with Crippen LogP contribution in [-0.4, -0.2) is 41.0 Å². The van der Waals surface area contributed by atoms with Crippen LogP contribution in [0.25, 0.3) is 0 Å². The molecule has 106 valence electrons. The number of nitrogens with one attached hydrogen (secondary N) is 1. The molecule has 2 fully saturated rings. The maximum absolute atomic E-state index is 13.8. The van der Waals surface area contributed by atoms with Crippen molar-refractivity contribution in [2.24, 2.45) is 5.92 Å². The van der Waals surface area contributed by atoms with E-state index in [1.165, 1.54) is 12.1 Å². The molecule has 2 aliphatic heterocycles. The summed E-state index contributed by atoms with van der Waals surface area (Å²) in [4.78, 5) is 25.7. The molecule has 0 aromatic heterocycles. The van der Waals surface area contributed by atoms with E-state index >= 15 is 0 Å². The van der Waals surface area contributed by atoms with Crippen LogP contribution in [0.3, 0.4) is 0 Å². The fraction of sp³-hybridized carbons (Fsp3) is 0.429. The number of benzene rings is 1. The van der Waals surface area contributed by atoms with E-state index < -0.39 is 11.7 Å². The van der Waals surface area contributed by atoms with Crippen LogP contribution in [0.15, 0.2) is 18.2 Å². The molecule has 2 aliphatic rings. The number of phenols is 1. The molecule has 2 saturated heterocycles. The average Bonchev–Trinajstić information content (AvgIpc) is 2.80. The van der Waals surface area contributed by atoms with Gasteiger partial charge in [0.2, 0.25) is 5.91 Å². The van der Waals surface area contributed by atoms with Crippen LogP contribution in [0.1, 0.15) is 23.2 Å². The maximum atomic E-state index is 13.8. The van der Waals surface area contributed by atoms with Crippen molar-refractivity contribution in [2.75, 3.05) is 13.1 Å². The first kappa shape index (κ1) is 12.9. The molecule has 2 N–H and O–H groups in total. The molecule has 5 nitrogen and oxygen atoms in total. The lowest BCUT2D eigenvalue weighted by molar-refractivity contribution is -0.123. The largest absolute Gasteiger partial charge is 0.508 e. The summed E-state index contributed by atoms with van der Waals surface area (Å²) in [7, 11) is 0. The standard InChI is InChI=1S/C14H15FN2O3/c15-11-6-8(18)3-4-9(11)14(20)17-5-1-2-10-12(17)7-16-13(10)19/h3-4,6,10,12,18H,1-2,5,7H2,(H,16,19). The molecule has 2 amide bonds. The zero-order chi connectivity index (χ0) is 14.3. The Morgan fingerprint density at radius 3 is 3.00 bits per heavy atom. The van der Waals surface area contributed by atoms with Crippen LogP contribution < -0.4 is 5.32 Å². The number of likely N-dealkylation sites (tertiary alicyclic amines) is 1. The highest BCUT2D eigenvalue weighted by molar-refractivity contribution is 5.96. The number of aromatic hydroxyl groups is 1. The van der Waals surface area contributed by atoms with E-state index in [1.54, 1.807) is 4.90 Å². The Kier molecular flexibility index (Phi) is 3.08. The second-order valence-corrected chi connectivity index (χ2v) is 5.22. The van der Waals surface area contributed by atoms with E-state index in [4.69, 9.17) is 0 Å². The number of nitrogens with zero attached hydrogens (tertiary/aromatic N) is 1. The molecule has 3 rings (SSSR count). The number of fused-ring (bicyclic) bond motifs is 1. The van der Waals surface area contributed by atoms with E-state index in [0.29, 0.717) is 13.1 Å². The van der Waals surface area contributed by atoms with E-state index in [0.717, 1.165) is 18.9 Å². The first-order valence-corrected chi connectivity index (χ1v) is 6.65. The first-order valence-electron chi connectivity index (χ1n) is 6.65. The SMILES string of the molecule is O=C1NCC2C1CCCN2C(=O)c1ccc(O)cc1F. The number of hydrogen-bond donors (Lipinski definition) is 2. The van der Waals surface area contributed by atoms with Gasteiger partial charge in [-0.2, -0.15) is 0 Å². The van der Waals surface area contributed by atoms with Crippen molar-refractivity contribution < 1.29 is 19.1 Å². The summed E-state index contributed by atoms with van der Waals surface area (Å²) in [5, 5.41) is 12.0. The topological polar surface area (TPSA) is 69.6 Å². The van der Waals surface area contributed by atoms with Crippen LogP contribution in [0.4, 0.5) is 4.39 Å². The molecule has 0 spiro atoms. The van der Waals surface area contributed by atoms with E-state index in [9.17, 15) is 19.1 Å². The van der Waals surface area contributed by atoms with Gasteiger partial charge in [0.1, 0.15) is 11.6 Å². The zero-order valence-electron chi connectivity index (χ0n) is 10.8. The summed E-state index contributed by atoms with van der Waals surface area (Å²) >= 11 is 0. The number of amides is 2. The van der Waals surface area contributed by atoms with Gasteiger partial charge in [-0.25, -0.2) is 4.39 Å². The normalized spacial score (nSPS) is 25.2. The fourth-order valence-electron chi connectivity index (χ4n) is 3.04. The molecule has 0 radical (unpaired) electrons. The van der Waals surface area contributed by atoms with E-state index in [2.05, 4.69) is 5.32 Å². The number of carbonyl (C=O) groups excluding carboxylic acids is 2. The van der Waals surface area contributed by atoms with Crippen molar-refractivity contribution in [1.29, 1.82) is 0 Å². The highest BCUT2D eigenvalue weighted by Gasteiger charge is 2.43. The highest BCUT2D eigenvalue weighted by atomic mass is 19.1. The number of piperidine rings is 1. The third-order valence-electron chi connectivity index (χ3n) is 4.05. The van der Waals surface area contributed by atoms with Crippen molar-refractivity contribution in [3.8, 4) is 5.75 Å². The highest BCUT2D eigenvalue weighted by Crippen LogP contribution is 2.29. The molecule has 6 heteroatoms. The minimum Gasteiger partial charge on any atom is -0.508 e. The zero-order valence-corrected chi connectivity index (χ0v) is 10.8. The van der Waals surface area contributed by atoms with Gasteiger partial charge < -0.3 is 15.3 Å². The smallest absolute Gasteiger partial charge is 0.257 e. The van der Waals surface area contributed by atoms with Gasteiger partial charge in [-0.3, -0.25) is 9.59 Å². The molecule has 1 aromatic carbocycles. The van der Waals surface area contributed by atoms with Crippen molar-refractivity contribution in [3.63, 3.8) is 0 Å². The van der Waals surface area contributed by atoms with Gasteiger partial charge in [0.15, 0.2) is 0 Å². The minimum atomic E-state index is -0.741. The second-order valence-electron chi connectivity index (χ2n) is 5.22. The second kappa shape index (κ2) is 4.77. The Hall–Kier alpha value is -2.11. The first-order chi connectivity index (χ1) is 9.58. The van der Waals surface area contributed by atoms with Gasteiger partial charge in [0.05, 0.1) is 17.5 Å². The number of carbonyl (C=O) groups is 2. The lowest BCUT2D eigenvalue weighted by atomic mass is 9.91. The molecule has 0 bridgehead atoms. The van der Waals surface area contributed by atoms with Crippen molar-refractivity contribution in [1.82, 2.24) is 10.2 Å². The third kappa shape index (κ3) is 2.01. The summed E-state index contributed by atoms with van der Waals surface area (Å²) in [5.74, 6) is -1.59. The number of rotatable bonds is 1. The van der Waals surface area contributed by atoms with Crippen LogP contribution in [0.5, 0.6) is 5.75 Å². The summed E-state index contributed by atoms with van der Waals surface area (Å²) in [6.07, 6.45) is 1.50. The van der Waals surface area contributed by atoms with E-state index in [-0.39, 0.29) is 29.2 Å². The Bertz CT molecular complexity index is 576. The third-order valence-corrected chi connectivity index (χ3v) is 4.05. The quantitative estimate of drug-likeness (QED) is 0.801. The molecule has 2 atom stereocenters. The minimum absolute atomic E-state index is 0.0290. The monoisotopic (exact) mass is 278 g/mol. The average molecular weight is 278 g/mol. The Morgan fingerprint density at radius 1 is 1.45 bits per heavy atom. The lowest BCUT2D eigenvalue weighted by Crippen LogP contribution is -2.48. The van der Waals surface area contributed by atoms with E-state index in [1.807, 2.05) is 0 Å². The van der Waals surface area contributed by atoms with Crippen molar-refractivity contribution in [3.05, 3.63) is 29.6 Å². The fourth-order valence-corrected chi connectivity index (χ4v) is 3.04. The number of halogens is 1. The van der Waals surface area contributed by atoms with Gasteiger partial charge in [-0.15, -0.1) is 0 Å². The molecular formula is C14H15FN2O3. The summed E-state index contributed by atoms with van der Waals surface area (Å²) in [6.45, 7) is 0.949.